The fraction of sp³-hybridized carbons (Fsp3) is 0.619. The van der Waals surface area contributed by atoms with Crippen LogP contribution in [0.4, 0.5) is 0 Å². The highest BCUT2D eigenvalue weighted by Crippen LogP contribution is 2.62. The molecule has 1 aromatic carbocycles. The average molecular weight is 356 g/mol. The SMILES string of the molecule is CCc1ccc(C(=O)NNC(=O)CC23C[C@@H]4C[C@@H](CC(O)(C4)C2)C3)cc1. The second kappa shape index (κ2) is 6.38. The summed E-state index contributed by atoms with van der Waals surface area (Å²) in [7, 11) is 0. The predicted molar refractivity (Wildman–Crippen MR) is 98.1 cm³/mol. The molecule has 4 saturated carbocycles. The fourth-order valence-corrected chi connectivity index (χ4v) is 6.08. The van der Waals surface area contributed by atoms with Gasteiger partial charge >= 0.3 is 0 Å². The summed E-state index contributed by atoms with van der Waals surface area (Å²) in [6.07, 6.45) is 7.11. The van der Waals surface area contributed by atoms with Crippen LogP contribution in [-0.2, 0) is 11.2 Å². The van der Waals surface area contributed by atoms with Gasteiger partial charge in [-0.15, -0.1) is 0 Å². The van der Waals surface area contributed by atoms with Crippen molar-refractivity contribution in [1.29, 1.82) is 0 Å². The van der Waals surface area contributed by atoms with Crippen molar-refractivity contribution in [1.82, 2.24) is 10.9 Å². The van der Waals surface area contributed by atoms with E-state index in [1.54, 1.807) is 12.1 Å². The van der Waals surface area contributed by atoms with Crippen LogP contribution in [0.1, 0.15) is 67.8 Å². The van der Waals surface area contributed by atoms with Crippen molar-refractivity contribution in [2.75, 3.05) is 0 Å². The highest BCUT2D eigenvalue weighted by atomic mass is 16.3. The minimum atomic E-state index is -0.561. The van der Waals surface area contributed by atoms with Crippen molar-refractivity contribution < 1.29 is 14.7 Å². The largest absolute Gasteiger partial charge is 0.390 e. The Bertz CT molecular complexity index is 698. The molecule has 0 radical (unpaired) electrons. The van der Waals surface area contributed by atoms with Gasteiger partial charge in [0.2, 0.25) is 5.91 Å². The van der Waals surface area contributed by atoms with Crippen LogP contribution < -0.4 is 10.9 Å². The summed E-state index contributed by atoms with van der Waals surface area (Å²) in [6.45, 7) is 2.07. The van der Waals surface area contributed by atoms with Crippen molar-refractivity contribution in [3.63, 3.8) is 0 Å². The van der Waals surface area contributed by atoms with Crippen LogP contribution in [0, 0.1) is 17.3 Å². The van der Waals surface area contributed by atoms with Gasteiger partial charge in [-0.25, -0.2) is 0 Å². The molecule has 1 aromatic rings. The van der Waals surface area contributed by atoms with Crippen LogP contribution in [0.15, 0.2) is 24.3 Å². The van der Waals surface area contributed by atoms with E-state index in [0.717, 1.165) is 38.5 Å². The van der Waals surface area contributed by atoms with E-state index in [2.05, 4.69) is 17.8 Å². The third kappa shape index (κ3) is 3.37. The van der Waals surface area contributed by atoms with E-state index in [-0.39, 0.29) is 17.2 Å². The molecule has 5 nitrogen and oxygen atoms in total. The third-order valence-corrected chi connectivity index (χ3v) is 6.63. The van der Waals surface area contributed by atoms with Gasteiger partial charge in [-0.1, -0.05) is 19.1 Å². The number of benzene rings is 1. The Hall–Kier alpha value is -1.88. The summed E-state index contributed by atoms with van der Waals surface area (Å²) in [5.41, 5.74) is 6.16. The van der Waals surface area contributed by atoms with Gasteiger partial charge in [0.15, 0.2) is 0 Å². The van der Waals surface area contributed by atoms with E-state index < -0.39 is 5.60 Å². The molecule has 0 aliphatic heterocycles. The zero-order valence-electron chi connectivity index (χ0n) is 15.4. The van der Waals surface area contributed by atoms with E-state index in [4.69, 9.17) is 0 Å². The molecule has 5 rings (SSSR count). The molecule has 3 N–H and O–H groups in total. The lowest BCUT2D eigenvalue weighted by atomic mass is 9.47. The molecule has 2 unspecified atom stereocenters. The number of hydrazine groups is 1. The van der Waals surface area contributed by atoms with Crippen molar-refractivity contribution in [3.05, 3.63) is 35.4 Å². The molecule has 0 spiro atoms. The molecule has 4 atom stereocenters. The van der Waals surface area contributed by atoms with Crippen molar-refractivity contribution in [3.8, 4) is 0 Å². The molecular weight excluding hydrogens is 328 g/mol. The first-order valence-electron chi connectivity index (χ1n) is 9.79. The Balaban J connectivity index is 1.33. The zero-order valence-corrected chi connectivity index (χ0v) is 15.4. The number of carbonyl (C=O) groups excluding carboxylic acids is 2. The highest BCUT2D eigenvalue weighted by Gasteiger charge is 2.57. The molecule has 4 bridgehead atoms. The van der Waals surface area contributed by atoms with E-state index in [1.807, 2.05) is 12.1 Å². The molecule has 4 fully saturated rings. The summed E-state index contributed by atoms with van der Waals surface area (Å²) in [5, 5.41) is 10.8. The second-order valence-electron chi connectivity index (χ2n) is 8.91. The van der Waals surface area contributed by atoms with Gasteiger partial charge in [0.05, 0.1) is 5.60 Å². The van der Waals surface area contributed by atoms with Gasteiger partial charge in [-0.2, -0.15) is 0 Å². The van der Waals surface area contributed by atoms with Gasteiger partial charge in [0.25, 0.3) is 5.91 Å². The zero-order chi connectivity index (χ0) is 18.4. The van der Waals surface area contributed by atoms with Gasteiger partial charge in [0, 0.05) is 12.0 Å². The van der Waals surface area contributed by atoms with Crippen LogP contribution in [0.3, 0.4) is 0 Å². The third-order valence-electron chi connectivity index (χ3n) is 6.63. The van der Waals surface area contributed by atoms with Crippen LogP contribution >= 0.6 is 0 Å². The molecule has 26 heavy (non-hydrogen) atoms. The van der Waals surface area contributed by atoms with Gasteiger partial charge < -0.3 is 5.11 Å². The second-order valence-corrected chi connectivity index (χ2v) is 8.91. The van der Waals surface area contributed by atoms with Crippen molar-refractivity contribution >= 4 is 11.8 Å². The summed E-state index contributed by atoms with van der Waals surface area (Å²) in [4.78, 5) is 24.7. The first-order valence-corrected chi connectivity index (χ1v) is 9.79. The number of aryl methyl sites for hydroxylation is 1. The minimum absolute atomic E-state index is 0.0869. The number of carbonyl (C=O) groups is 2. The van der Waals surface area contributed by atoms with Crippen molar-refractivity contribution in [2.24, 2.45) is 17.3 Å². The number of aliphatic hydroxyl groups is 1. The minimum Gasteiger partial charge on any atom is -0.390 e. The molecule has 4 aliphatic carbocycles. The highest BCUT2D eigenvalue weighted by molar-refractivity contribution is 5.95. The Labute approximate surface area is 154 Å². The smallest absolute Gasteiger partial charge is 0.269 e. The number of rotatable bonds is 4. The number of nitrogens with one attached hydrogen (secondary N) is 2. The van der Waals surface area contributed by atoms with Gasteiger partial charge in [-0.05, 0) is 79.9 Å². The topological polar surface area (TPSA) is 78.4 Å². The lowest BCUT2D eigenvalue weighted by molar-refractivity contribution is -0.169. The Kier molecular flexibility index (Phi) is 4.30. The fourth-order valence-electron chi connectivity index (χ4n) is 6.08. The predicted octanol–water partition coefficient (Wildman–Crippen LogP) is 2.73. The quantitative estimate of drug-likeness (QED) is 0.726. The lowest BCUT2D eigenvalue weighted by Crippen LogP contribution is -2.57. The normalized spacial score (nSPS) is 34.5. The summed E-state index contributed by atoms with van der Waals surface area (Å²) >= 11 is 0. The standard InChI is InChI=1S/C21H28N2O3/c1-2-14-3-5-17(6-4-14)19(25)23-22-18(24)12-20-8-15-7-16(9-20)11-21(26,10-15)13-20/h3-6,15-16,26H,2,7-13H2,1H3,(H,22,24)(H,23,25)/t15-,16+,20?,21?. The molecular formula is C21H28N2O3. The van der Waals surface area contributed by atoms with Gasteiger partial charge in [0.1, 0.15) is 0 Å². The maximum Gasteiger partial charge on any atom is 0.269 e. The first-order chi connectivity index (χ1) is 12.4. The molecule has 4 aliphatic rings. The van der Waals surface area contributed by atoms with Gasteiger partial charge in [-0.3, -0.25) is 20.4 Å². The number of amides is 2. The maximum absolute atomic E-state index is 12.5. The average Bonchev–Trinajstić information content (AvgIpc) is 2.57. The van der Waals surface area contributed by atoms with Crippen LogP contribution in [-0.4, -0.2) is 22.5 Å². The molecule has 2 amide bonds. The Morgan fingerprint density at radius 1 is 1.08 bits per heavy atom. The lowest BCUT2D eigenvalue weighted by Gasteiger charge is -2.60. The Morgan fingerprint density at radius 2 is 1.73 bits per heavy atom. The molecule has 0 saturated heterocycles. The Morgan fingerprint density at radius 3 is 2.31 bits per heavy atom. The summed E-state index contributed by atoms with van der Waals surface area (Å²) in [6, 6.07) is 7.39. The van der Waals surface area contributed by atoms with Crippen LogP contribution in [0.2, 0.25) is 0 Å². The molecule has 140 valence electrons. The van der Waals surface area contributed by atoms with E-state index in [9.17, 15) is 14.7 Å². The maximum atomic E-state index is 12.5. The monoisotopic (exact) mass is 356 g/mol. The number of hydrogen-bond acceptors (Lipinski definition) is 3. The number of hydrogen-bond donors (Lipinski definition) is 3. The first kappa shape index (κ1) is 17.5. The molecule has 0 heterocycles. The summed E-state index contributed by atoms with van der Waals surface area (Å²) in [5.74, 6) is 0.653. The van der Waals surface area contributed by atoms with E-state index in [0.29, 0.717) is 23.8 Å². The van der Waals surface area contributed by atoms with Crippen molar-refractivity contribution in [2.45, 2.75) is 63.9 Å². The van der Waals surface area contributed by atoms with Crippen LogP contribution in [0.5, 0.6) is 0 Å². The van der Waals surface area contributed by atoms with Crippen LogP contribution in [0.25, 0.3) is 0 Å². The van der Waals surface area contributed by atoms with E-state index >= 15 is 0 Å². The molecule has 5 heteroatoms. The molecule has 0 aromatic heterocycles. The van der Waals surface area contributed by atoms with E-state index in [1.165, 1.54) is 12.0 Å². The summed E-state index contributed by atoms with van der Waals surface area (Å²) < 4.78 is 0.